The van der Waals surface area contributed by atoms with Crippen LogP contribution in [0.25, 0.3) is 0 Å². The third-order valence-corrected chi connectivity index (χ3v) is 5.01. The summed E-state index contributed by atoms with van der Waals surface area (Å²) in [6.07, 6.45) is 1.69. The first-order chi connectivity index (χ1) is 14.0. The van der Waals surface area contributed by atoms with E-state index in [1.165, 1.54) is 5.56 Å². The monoisotopic (exact) mass is 418 g/mol. The molecule has 156 valence electrons. The summed E-state index contributed by atoms with van der Waals surface area (Å²) in [5, 5.41) is 12.9. The molecule has 0 fully saturated rings. The highest BCUT2D eigenvalue weighted by Gasteiger charge is 2.22. The number of anilines is 1. The molecule has 0 bridgehead atoms. The zero-order chi connectivity index (χ0) is 21.4. The minimum absolute atomic E-state index is 0.365. The van der Waals surface area contributed by atoms with Gasteiger partial charge in [-0.25, -0.2) is 4.79 Å². The molecule has 29 heavy (non-hydrogen) atoms. The van der Waals surface area contributed by atoms with Gasteiger partial charge in [-0.2, -0.15) is 0 Å². The van der Waals surface area contributed by atoms with Crippen LogP contribution in [-0.2, 0) is 11.2 Å². The lowest BCUT2D eigenvalue weighted by Crippen LogP contribution is -2.29. The molecule has 3 rings (SSSR count). The molecule has 0 amide bonds. The molecule has 0 aliphatic carbocycles. The van der Waals surface area contributed by atoms with Crippen molar-refractivity contribution >= 4 is 29.0 Å². The van der Waals surface area contributed by atoms with E-state index in [0.29, 0.717) is 17.2 Å². The summed E-state index contributed by atoms with van der Waals surface area (Å²) in [7, 11) is 3.72. The summed E-state index contributed by atoms with van der Waals surface area (Å²) in [4.78, 5) is 13.3. The first kappa shape index (κ1) is 22.6. The molecule has 6 nitrogen and oxygen atoms in total. The highest BCUT2D eigenvalue weighted by atomic mass is 35.5. The fourth-order valence-electron chi connectivity index (χ4n) is 3.09. The second kappa shape index (κ2) is 10.7. The van der Waals surface area contributed by atoms with Crippen molar-refractivity contribution in [3.63, 3.8) is 0 Å². The third-order valence-electron chi connectivity index (χ3n) is 4.68. The van der Waals surface area contributed by atoms with Gasteiger partial charge in [-0.15, -0.1) is 0 Å². The molecule has 1 aliphatic heterocycles. The van der Waals surface area contributed by atoms with Gasteiger partial charge in [0, 0.05) is 31.3 Å². The molecule has 0 saturated heterocycles. The largest absolute Gasteiger partial charge is 0.496 e. The summed E-state index contributed by atoms with van der Waals surface area (Å²) in [6.45, 7) is 5.11. The van der Waals surface area contributed by atoms with Crippen LogP contribution in [0.1, 0.15) is 41.8 Å². The van der Waals surface area contributed by atoms with Gasteiger partial charge in [0.25, 0.3) is 0 Å². The molecule has 2 aromatic rings. The van der Waals surface area contributed by atoms with E-state index in [0.717, 1.165) is 42.1 Å². The summed E-state index contributed by atoms with van der Waals surface area (Å²) in [6, 6.07) is 10.9. The number of carbonyl (C=O) groups is 1. The van der Waals surface area contributed by atoms with Crippen molar-refractivity contribution in [2.75, 3.05) is 32.2 Å². The number of ether oxygens (including phenoxy) is 2. The lowest BCUT2D eigenvalue weighted by atomic mass is 9.96. The molecule has 0 unspecified atom stereocenters. The van der Waals surface area contributed by atoms with Gasteiger partial charge >= 0.3 is 5.97 Å². The van der Waals surface area contributed by atoms with Gasteiger partial charge in [-0.05, 0) is 43.2 Å². The van der Waals surface area contributed by atoms with Crippen molar-refractivity contribution in [2.24, 2.45) is 5.16 Å². The number of fused-ring (bicyclic) bond motifs is 1. The van der Waals surface area contributed by atoms with Crippen LogP contribution >= 0.6 is 11.6 Å². The van der Waals surface area contributed by atoms with E-state index in [2.05, 4.69) is 30.1 Å². The maximum absolute atomic E-state index is 11.2. The molecule has 0 radical (unpaired) electrons. The Bertz CT molecular complexity index is 883. The standard InChI is InChI=1S/C13H18N2O2.C9H9ClO2/c1-4-9-7-12-10(8-13(9)17-3)11(14-16)5-6-15(12)2;1-2-12-9(11)7-5-3-4-6-8(7)10/h7-8,16H,4-6H2,1-3H3;3-6H,2H2,1H3/b14-11+;. The van der Waals surface area contributed by atoms with Gasteiger partial charge in [0.05, 0.1) is 30.0 Å². The van der Waals surface area contributed by atoms with E-state index in [9.17, 15) is 4.79 Å². The smallest absolute Gasteiger partial charge is 0.339 e. The Kier molecular flexibility index (Phi) is 8.34. The first-order valence-electron chi connectivity index (χ1n) is 9.51. The van der Waals surface area contributed by atoms with Gasteiger partial charge in [-0.3, -0.25) is 0 Å². The quantitative estimate of drug-likeness (QED) is 0.439. The molecule has 1 heterocycles. The van der Waals surface area contributed by atoms with Gasteiger partial charge < -0.3 is 19.6 Å². The van der Waals surface area contributed by atoms with Gasteiger partial charge in [0.1, 0.15) is 5.75 Å². The van der Waals surface area contributed by atoms with Crippen LogP contribution in [0.15, 0.2) is 41.6 Å². The van der Waals surface area contributed by atoms with Gasteiger partial charge in [-0.1, -0.05) is 35.8 Å². The maximum atomic E-state index is 11.2. The van der Waals surface area contributed by atoms with Crippen LogP contribution in [-0.4, -0.2) is 44.2 Å². The Morgan fingerprint density at radius 2 is 2.00 bits per heavy atom. The van der Waals surface area contributed by atoms with Crippen LogP contribution in [0.2, 0.25) is 5.02 Å². The number of hydrogen-bond donors (Lipinski definition) is 1. The number of esters is 1. The van der Waals surface area contributed by atoms with E-state index in [-0.39, 0.29) is 5.97 Å². The van der Waals surface area contributed by atoms with Crippen LogP contribution in [0, 0.1) is 0 Å². The molecule has 1 aliphatic rings. The van der Waals surface area contributed by atoms with Crippen LogP contribution < -0.4 is 9.64 Å². The molecule has 0 aromatic heterocycles. The fourth-order valence-corrected chi connectivity index (χ4v) is 3.31. The Labute approximate surface area is 176 Å². The predicted molar refractivity (Wildman–Crippen MR) is 116 cm³/mol. The average molecular weight is 419 g/mol. The summed E-state index contributed by atoms with van der Waals surface area (Å²) in [5.74, 6) is 0.491. The van der Waals surface area contributed by atoms with Crippen molar-refractivity contribution in [1.29, 1.82) is 0 Å². The number of methoxy groups -OCH3 is 1. The zero-order valence-corrected chi connectivity index (χ0v) is 18.0. The number of aryl methyl sites for hydroxylation is 1. The van der Waals surface area contributed by atoms with Gasteiger partial charge in [0.15, 0.2) is 0 Å². The van der Waals surface area contributed by atoms with E-state index in [1.54, 1.807) is 38.3 Å². The Morgan fingerprint density at radius 3 is 2.59 bits per heavy atom. The molecule has 7 heteroatoms. The number of halogens is 1. The van der Waals surface area contributed by atoms with E-state index < -0.39 is 0 Å². The normalized spacial score (nSPS) is 14.0. The van der Waals surface area contributed by atoms with Gasteiger partial charge in [0.2, 0.25) is 0 Å². The average Bonchev–Trinajstić information content (AvgIpc) is 2.74. The number of rotatable bonds is 4. The highest BCUT2D eigenvalue weighted by Crippen LogP contribution is 2.33. The first-order valence-corrected chi connectivity index (χ1v) is 9.89. The van der Waals surface area contributed by atoms with Crippen molar-refractivity contribution in [3.05, 3.63) is 58.1 Å². The molecular formula is C22H27ClN2O4. The highest BCUT2D eigenvalue weighted by molar-refractivity contribution is 6.33. The number of nitrogens with zero attached hydrogens (tertiary/aromatic N) is 2. The molecule has 0 spiro atoms. The SMILES string of the molecule is CCOC(=O)c1ccccc1Cl.CCc1cc2c(cc1OC)/C(=N/O)CCN2C. The third kappa shape index (κ3) is 5.41. The molecule has 1 N–H and O–H groups in total. The molecule has 0 atom stereocenters. The minimum Gasteiger partial charge on any atom is -0.496 e. The van der Waals surface area contributed by atoms with Crippen molar-refractivity contribution in [1.82, 2.24) is 0 Å². The Hall–Kier alpha value is -2.73. The Morgan fingerprint density at radius 1 is 1.28 bits per heavy atom. The summed E-state index contributed by atoms with van der Waals surface area (Å²) in [5.41, 5.74) is 4.41. The zero-order valence-electron chi connectivity index (χ0n) is 17.2. The molecular weight excluding hydrogens is 392 g/mol. The maximum Gasteiger partial charge on any atom is 0.339 e. The second-order valence-electron chi connectivity index (χ2n) is 6.45. The number of carbonyl (C=O) groups excluding carboxylic acids is 1. The molecule has 0 saturated carbocycles. The van der Waals surface area contributed by atoms with Crippen molar-refractivity contribution in [3.8, 4) is 5.75 Å². The van der Waals surface area contributed by atoms with Crippen LogP contribution in [0.3, 0.4) is 0 Å². The predicted octanol–water partition coefficient (Wildman–Crippen LogP) is 4.79. The fraction of sp³-hybridized carbons (Fsp3) is 0.364. The molecule has 2 aromatic carbocycles. The van der Waals surface area contributed by atoms with E-state index >= 15 is 0 Å². The topological polar surface area (TPSA) is 71.4 Å². The van der Waals surface area contributed by atoms with E-state index in [1.807, 2.05) is 6.07 Å². The summed E-state index contributed by atoms with van der Waals surface area (Å²) < 4.78 is 10.2. The van der Waals surface area contributed by atoms with E-state index in [4.69, 9.17) is 26.3 Å². The van der Waals surface area contributed by atoms with Crippen LogP contribution in [0.5, 0.6) is 5.75 Å². The van der Waals surface area contributed by atoms with Crippen molar-refractivity contribution in [2.45, 2.75) is 26.7 Å². The Balaban J connectivity index is 0.000000221. The minimum atomic E-state index is -0.372. The van der Waals surface area contributed by atoms with Crippen molar-refractivity contribution < 1.29 is 19.5 Å². The second-order valence-corrected chi connectivity index (χ2v) is 6.86. The van der Waals surface area contributed by atoms with Crippen LogP contribution in [0.4, 0.5) is 5.69 Å². The summed E-state index contributed by atoms with van der Waals surface area (Å²) >= 11 is 5.75. The lowest BCUT2D eigenvalue weighted by molar-refractivity contribution is 0.0526. The number of oxime groups is 1. The number of hydrogen-bond acceptors (Lipinski definition) is 6. The number of benzene rings is 2. The lowest BCUT2D eigenvalue weighted by Gasteiger charge is -2.29.